The van der Waals surface area contributed by atoms with Gasteiger partial charge in [0.2, 0.25) is 0 Å². The summed E-state index contributed by atoms with van der Waals surface area (Å²) in [5.41, 5.74) is 0. The highest BCUT2D eigenvalue weighted by Crippen LogP contribution is 2.43. The highest BCUT2D eigenvalue weighted by atomic mass is 31.2. The van der Waals surface area contributed by atoms with E-state index in [-0.39, 0.29) is 25.6 Å². The molecule has 0 heterocycles. The molecule has 0 aliphatic carbocycles. The number of unbranched alkanes of at least 4 members (excludes halogenated alkanes) is 30. The quantitative estimate of drug-likeness (QED) is 0.0238. The van der Waals surface area contributed by atoms with Crippen LogP contribution in [-0.2, 0) is 27.9 Å². The lowest BCUT2D eigenvalue weighted by Crippen LogP contribution is -2.29. The van der Waals surface area contributed by atoms with Crippen molar-refractivity contribution in [3.8, 4) is 0 Å². The molecule has 3 N–H and O–H groups in total. The van der Waals surface area contributed by atoms with Crippen LogP contribution in [0.5, 0.6) is 0 Å². The molecule has 0 saturated heterocycles. The molecule has 0 bridgehead atoms. The fraction of sp³-hybridized carbons (Fsp3) is 0.935. The van der Waals surface area contributed by atoms with E-state index >= 15 is 0 Å². The van der Waals surface area contributed by atoms with Crippen LogP contribution >= 0.6 is 7.82 Å². The van der Waals surface area contributed by atoms with E-state index in [1.807, 2.05) is 0 Å². The van der Waals surface area contributed by atoms with Gasteiger partial charge in [-0.1, -0.05) is 199 Å². The number of hydrogen-bond acceptors (Lipinski definition) is 8. The van der Waals surface area contributed by atoms with Crippen molar-refractivity contribution in [1.82, 2.24) is 0 Å². The topological polar surface area (TPSA) is 132 Å². The van der Waals surface area contributed by atoms with E-state index in [2.05, 4.69) is 26.0 Å². The molecule has 0 fully saturated rings. The predicted octanol–water partition coefficient (Wildman–Crippen LogP) is 13.3. The van der Waals surface area contributed by atoms with Gasteiger partial charge >= 0.3 is 13.8 Å². The van der Waals surface area contributed by atoms with Crippen LogP contribution < -0.4 is 0 Å². The Labute approximate surface area is 345 Å². The lowest BCUT2D eigenvalue weighted by atomic mass is 10.0. The fourth-order valence-electron chi connectivity index (χ4n) is 6.82. The molecular weight excluding hydrogens is 727 g/mol. The van der Waals surface area contributed by atoms with Gasteiger partial charge in [-0.25, -0.2) is 4.57 Å². The van der Waals surface area contributed by atoms with Crippen molar-refractivity contribution >= 4 is 13.8 Å². The first-order chi connectivity index (χ1) is 27.3. The van der Waals surface area contributed by atoms with Gasteiger partial charge in [-0.2, -0.15) is 0 Å². The molecule has 0 saturated carbocycles. The van der Waals surface area contributed by atoms with E-state index in [0.717, 1.165) is 51.4 Å². The van der Waals surface area contributed by atoms with E-state index < -0.39 is 33.2 Å². The highest BCUT2D eigenvalue weighted by Gasteiger charge is 2.26. The summed E-state index contributed by atoms with van der Waals surface area (Å²) in [5, 5.41) is 18.4. The summed E-state index contributed by atoms with van der Waals surface area (Å²) in [7, 11) is -4.52. The summed E-state index contributed by atoms with van der Waals surface area (Å²) in [5.74, 6) is -0.387. The highest BCUT2D eigenvalue weighted by molar-refractivity contribution is 7.47. The van der Waals surface area contributed by atoms with Crippen molar-refractivity contribution in [2.75, 3.05) is 33.0 Å². The van der Waals surface area contributed by atoms with Crippen molar-refractivity contribution in [3.05, 3.63) is 12.2 Å². The van der Waals surface area contributed by atoms with E-state index in [9.17, 15) is 19.4 Å². The molecule has 0 aliphatic heterocycles. The molecule has 0 spiro atoms. The van der Waals surface area contributed by atoms with Crippen LogP contribution in [-0.4, -0.2) is 66.3 Å². The molecule has 0 aromatic carbocycles. The van der Waals surface area contributed by atoms with Crippen molar-refractivity contribution in [2.45, 2.75) is 244 Å². The van der Waals surface area contributed by atoms with E-state index in [4.69, 9.17) is 23.6 Å². The lowest BCUT2D eigenvalue weighted by molar-refractivity contribution is -0.154. The fourth-order valence-corrected chi connectivity index (χ4v) is 7.61. The van der Waals surface area contributed by atoms with Crippen LogP contribution in [0.2, 0.25) is 0 Å². The minimum absolute atomic E-state index is 0.0520. The smallest absolute Gasteiger partial charge is 0.457 e. The van der Waals surface area contributed by atoms with Gasteiger partial charge in [0, 0.05) is 13.0 Å². The number of phosphoric ester groups is 1. The average Bonchev–Trinajstić information content (AvgIpc) is 3.19. The number of esters is 1. The number of carbonyl (C=O) groups excluding carboxylic acids is 1. The lowest BCUT2D eigenvalue weighted by Gasteiger charge is -2.20. The van der Waals surface area contributed by atoms with Crippen LogP contribution in [0, 0.1) is 0 Å². The molecule has 3 atom stereocenters. The van der Waals surface area contributed by atoms with Crippen LogP contribution in [0.3, 0.4) is 0 Å². The number of phosphoric acid groups is 1. The van der Waals surface area contributed by atoms with Gasteiger partial charge in [-0.15, -0.1) is 0 Å². The maximum absolute atomic E-state index is 12.6. The monoisotopic (exact) mass is 819 g/mol. The molecule has 0 aliphatic rings. The predicted molar refractivity (Wildman–Crippen MR) is 233 cm³/mol. The van der Waals surface area contributed by atoms with Crippen LogP contribution in [0.4, 0.5) is 0 Å². The molecular formula is C46H91O9P. The molecule has 9 nitrogen and oxygen atoms in total. The Bertz CT molecular complexity index is 887. The SMILES string of the molecule is CCCCCCC/C=C\CCCCCCCC(=O)OC(COCCCCCCCCCCCCCCCCCCCCCCC)COP(=O)(O)OCC(O)CO. The van der Waals surface area contributed by atoms with Gasteiger partial charge in [0.1, 0.15) is 12.2 Å². The zero-order valence-corrected chi connectivity index (χ0v) is 37.5. The Hall–Kier alpha value is -0.800. The van der Waals surface area contributed by atoms with Gasteiger partial charge < -0.3 is 24.6 Å². The van der Waals surface area contributed by atoms with Crippen molar-refractivity contribution < 1.29 is 43.0 Å². The number of aliphatic hydroxyl groups is 2. The first-order valence-corrected chi connectivity index (χ1v) is 25.2. The summed E-state index contributed by atoms with van der Waals surface area (Å²) >= 11 is 0. The third kappa shape index (κ3) is 42.8. The number of hydrogen-bond donors (Lipinski definition) is 3. The third-order valence-corrected chi connectivity index (χ3v) is 11.4. The third-order valence-electron chi connectivity index (χ3n) is 10.5. The van der Waals surface area contributed by atoms with Crippen LogP contribution in [0.15, 0.2) is 12.2 Å². The Balaban J connectivity index is 4.05. The second kappa shape index (κ2) is 43.8. The second-order valence-corrected chi connectivity index (χ2v) is 17.6. The summed E-state index contributed by atoms with van der Waals surface area (Å²) in [6.07, 6.45) is 44.6. The van der Waals surface area contributed by atoms with Gasteiger partial charge in [0.05, 0.1) is 26.4 Å². The Morgan fingerprint density at radius 3 is 1.34 bits per heavy atom. The number of allylic oxidation sites excluding steroid dienone is 2. The molecule has 56 heavy (non-hydrogen) atoms. The molecule has 0 rings (SSSR count). The minimum Gasteiger partial charge on any atom is -0.457 e. The van der Waals surface area contributed by atoms with E-state index in [1.165, 1.54) is 161 Å². The summed E-state index contributed by atoms with van der Waals surface area (Å²) in [4.78, 5) is 22.6. The zero-order valence-electron chi connectivity index (χ0n) is 36.6. The maximum atomic E-state index is 12.6. The minimum atomic E-state index is -4.52. The number of carbonyl (C=O) groups is 1. The number of rotatable bonds is 46. The summed E-state index contributed by atoms with van der Waals surface area (Å²) in [6.45, 7) is 3.55. The van der Waals surface area contributed by atoms with Crippen molar-refractivity contribution in [1.29, 1.82) is 0 Å². The zero-order chi connectivity index (χ0) is 41.1. The molecule has 3 unspecified atom stereocenters. The van der Waals surface area contributed by atoms with E-state index in [0.29, 0.717) is 6.61 Å². The van der Waals surface area contributed by atoms with Crippen LogP contribution in [0.1, 0.15) is 232 Å². The molecule has 0 aromatic heterocycles. The average molecular weight is 819 g/mol. The molecule has 0 radical (unpaired) electrons. The van der Waals surface area contributed by atoms with Gasteiger partial charge in [0.15, 0.2) is 0 Å². The summed E-state index contributed by atoms with van der Waals surface area (Å²) in [6, 6.07) is 0. The number of ether oxygens (including phenoxy) is 2. The standard InChI is InChI=1S/C46H91O9P/c1-3-5-7-9-11-13-15-17-19-20-21-22-23-24-25-27-29-31-33-35-37-39-52-42-45(43-54-56(50,51)53-41-44(48)40-47)55-46(49)38-36-34-32-30-28-26-18-16-14-12-10-8-6-4-2/h16,18,44-45,47-48H,3-15,17,19-43H2,1-2H3,(H,50,51)/b18-16-. The van der Waals surface area contributed by atoms with Gasteiger partial charge in [0.25, 0.3) is 0 Å². The molecule has 0 amide bonds. The first kappa shape index (κ1) is 55.2. The van der Waals surface area contributed by atoms with Crippen molar-refractivity contribution in [2.24, 2.45) is 0 Å². The van der Waals surface area contributed by atoms with E-state index in [1.54, 1.807) is 0 Å². The Kier molecular flexibility index (Phi) is 43.1. The van der Waals surface area contributed by atoms with Crippen molar-refractivity contribution in [3.63, 3.8) is 0 Å². The maximum Gasteiger partial charge on any atom is 0.472 e. The Morgan fingerprint density at radius 1 is 0.536 bits per heavy atom. The first-order valence-electron chi connectivity index (χ1n) is 23.7. The Morgan fingerprint density at radius 2 is 0.911 bits per heavy atom. The molecule has 334 valence electrons. The second-order valence-electron chi connectivity index (χ2n) is 16.1. The van der Waals surface area contributed by atoms with Gasteiger partial charge in [-0.3, -0.25) is 13.8 Å². The molecule has 10 heteroatoms. The summed E-state index contributed by atoms with van der Waals surface area (Å²) < 4.78 is 33.4. The van der Waals surface area contributed by atoms with Gasteiger partial charge in [-0.05, 0) is 38.5 Å². The molecule has 0 aromatic rings. The normalized spacial score (nSPS) is 14.0. The number of aliphatic hydroxyl groups excluding tert-OH is 2. The largest absolute Gasteiger partial charge is 0.472 e. The van der Waals surface area contributed by atoms with Crippen LogP contribution in [0.25, 0.3) is 0 Å².